The van der Waals surface area contributed by atoms with Crippen molar-refractivity contribution in [1.82, 2.24) is 15.1 Å². The van der Waals surface area contributed by atoms with Crippen molar-refractivity contribution in [2.45, 2.75) is 63.1 Å². The van der Waals surface area contributed by atoms with Crippen LogP contribution in [0.3, 0.4) is 0 Å². The predicted molar refractivity (Wildman–Crippen MR) is 79.7 cm³/mol. The molecular formula is C16H27N3O. The Morgan fingerprint density at radius 2 is 2.20 bits per heavy atom. The second-order valence-electron chi connectivity index (χ2n) is 6.42. The molecule has 1 N–H and O–H groups in total. The largest absolute Gasteiger partial charge is 0.370 e. The van der Waals surface area contributed by atoms with Crippen molar-refractivity contribution < 1.29 is 4.74 Å². The molecule has 4 nitrogen and oxygen atoms in total. The van der Waals surface area contributed by atoms with Crippen LogP contribution in [0.2, 0.25) is 0 Å². The van der Waals surface area contributed by atoms with E-state index in [1.807, 2.05) is 17.9 Å². The van der Waals surface area contributed by atoms with E-state index in [9.17, 15) is 0 Å². The van der Waals surface area contributed by atoms with Crippen molar-refractivity contribution in [1.29, 1.82) is 0 Å². The molecule has 1 saturated heterocycles. The molecule has 0 aromatic carbocycles. The van der Waals surface area contributed by atoms with Gasteiger partial charge < -0.3 is 10.1 Å². The normalized spacial score (nSPS) is 25.4. The molecule has 1 aromatic rings. The van der Waals surface area contributed by atoms with E-state index in [4.69, 9.17) is 4.74 Å². The van der Waals surface area contributed by atoms with Crippen molar-refractivity contribution in [2.24, 2.45) is 7.05 Å². The fraction of sp³-hybridized carbons (Fsp3) is 0.812. The standard InChI is InChI=1S/C16H27N3O/c1-19-14(7-12-18-19)6-11-17-13-15-5-10-16(20-15)8-3-2-4-9-16/h7,12,15,17H,2-6,8-11,13H2,1H3. The first-order valence-corrected chi connectivity index (χ1v) is 8.13. The van der Waals surface area contributed by atoms with Gasteiger partial charge in [-0.15, -0.1) is 0 Å². The number of rotatable bonds is 5. The van der Waals surface area contributed by atoms with E-state index in [0.29, 0.717) is 6.10 Å². The van der Waals surface area contributed by atoms with Gasteiger partial charge in [0.25, 0.3) is 0 Å². The van der Waals surface area contributed by atoms with Gasteiger partial charge in [-0.3, -0.25) is 4.68 Å². The maximum Gasteiger partial charge on any atom is 0.0708 e. The molecule has 0 radical (unpaired) electrons. The van der Waals surface area contributed by atoms with Crippen LogP contribution >= 0.6 is 0 Å². The number of aryl methyl sites for hydroxylation is 1. The molecular weight excluding hydrogens is 250 g/mol. The van der Waals surface area contributed by atoms with Crippen LogP contribution in [0.4, 0.5) is 0 Å². The Hall–Kier alpha value is -0.870. The van der Waals surface area contributed by atoms with E-state index in [1.165, 1.54) is 50.6 Å². The van der Waals surface area contributed by atoms with Crippen LogP contribution in [-0.2, 0) is 18.2 Å². The molecule has 1 spiro atoms. The summed E-state index contributed by atoms with van der Waals surface area (Å²) in [6.07, 6.45) is 12.5. The molecule has 1 aromatic heterocycles. The molecule has 2 heterocycles. The van der Waals surface area contributed by atoms with E-state index >= 15 is 0 Å². The summed E-state index contributed by atoms with van der Waals surface area (Å²) >= 11 is 0. The highest BCUT2D eigenvalue weighted by Gasteiger charge is 2.40. The Morgan fingerprint density at radius 3 is 2.95 bits per heavy atom. The molecule has 1 saturated carbocycles. The number of hydrogen-bond acceptors (Lipinski definition) is 3. The SMILES string of the molecule is Cn1nccc1CCNCC1CCC2(CCCCC2)O1. The van der Waals surface area contributed by atoms with E-state index < -0.39 is 0 Å². The maximum absolute atomic E-state index is 6.37. The number of hydrogen-bond donors (Lipinski definition) is 1. The Bertz CT molecular complexity index is 423. The lowest BCUT2D eigenvalue weighted by Gasteiger charge is -2.33. The Kier molecular flexibility index (Phi) is 4.41. The van der Waals surface area contributed by atoms with Crippen LogP contribution in [0.15, 0.2) is 12.3 Å². The minimum Gasteiger partial charge on any atom is -0.370 e. The van der Waals surface area contributed by atoms with Gasteiger partial charge in [-0.25, -0.2) is 0 Å². The van der Waals surface area contributed by atoms with Crippen LogP contribution in [-0.4, -0.2) is 34.6 Å². The van der Waals surface area contributed by atoms with E-state index in [1.54, 1.807) is 0 Å². The lowest BCUT2D eigenvalue weighted by atomic mass is 9.83. The Morgan fingerprint density at radius 1 is 1.35 bits per heavy atom. The van der Waals surface area contributed by atoms with Gasteiger partial charge in [0.15, 0.2) is 0 Å². The van der Waals surface area contributed by atoms with Crippen LogP contribution in [0.5, 0.6) is 0 Å². The lowest BCUT2D eigenvalue weighted by molar-refractivity contribution is -0.0622. The number of nitrogens with one attached hydrogen (secondary N) is 1. The molecule has 1 aliphatic carbocycles. The van der Waals surface area contributed by atoms with Gasteiger partial charge in [0, 0.05) is 38.4 Å². The van der Waals surface area contributed by atoms with Crippen LogP contribution < -0.4 is 5.32 Å². The Balaban J connectivity index is 1.36. The highest BCUT2D eigenvalue weighted by atomic mass is 16.5. The molecule has 3 rings (SSSR count). The third kappa shape index (κ3) is 3.23. The van der Waals surface area contributed by atoms with Gasteiger partial charge >= 0.3 is 0 Å². The van der Waals surface area contributed by atoms with Crippen LogP contribution in [0.25, 0.3) is 0 Å². The van der Waals surface area contributed by atoms with Crippen molar-refractivity contribution in [2.75, 3.05) is 13.1 Å². The zero-order chi connectivity index (χ0) is 13.8. The molecule has 1 aliphatic heterocycles. The van der Waals surface area contributed by atoms with E-state index in [2.05, 4.69) is 16.5 Å². The highest BCUT2D eigenvalue weighted by molar-refractivity contribution is 5.00. The topological polar surface area (TPSA) is 39.1 Å². The van der Waals surface area contributed by atoms with Gasteiger partial charge in [0.05, 0.1) is 11.7 Å². The van der Waals surface area contributed by atoms with Crippen molar-refractivity contribution in [3.8, 4) is 0 Å². The second-order valence-corrected chi connectivity index (χ2v) is 6.42. The predicted octanol–water partition coefficient (Wildman–Crippen LogP) is 2.43. The average molecular weight is 277 g/mol. The quantitative estimate of drug-likeness (QED) is 0.840. The van der Waals surface area contributed by atoms with Crippen LogP contribution in [0.1, 0.15) is 50.6 Å². The molecule has 1 atom stereocenters. The van der Waals surface area contributed by atoms with Crippen LogP contribution in [0, 0.1) is 0 Å². The lowest BCUT2D eigenvalue weighted by Crippen LogP contribution is -2.35. The summed E-state index contributed by atoms with van der Waals surface area (Å²) < 4.78 is 8.32. The third-order valence-electron chi connectivity index (χ3n) is 4.96. The number of ether oxygens (including phenoxy) is 1. The molecule has 2 fully saturated rings. The first-order valence-electron chi connectivity index (χ1n) is 8.13. The van der Waals surface area contributed by atoms with Crippen molar-refractivity contribution in [3.05, 3.63) is 18.0 Å². The summed E-state index contributed by atoms with van der Waals surface area (Å²) in [6.45, 7) is 2.01. The highest BCUT2D eigenvalue weighted by Crippen LogP contribution is 2.41. The zero-order valence-corrected chi connectivity index (χ0v) is 12.6. The first-order chi connectivity index (χ1) is 9.77. The van der Waals surface area contributed by atoms with Gasteiger partial charge in [-0.05, 0) is 31.7 Å². The fourth-order valence-corrected chi connectivity index (χ4v) is 3.73. The summed E-state index contributed by atoms with van der Waals surface area (Å²) in [4.78, 5) is 0. The molecule has 112 valence electrons. The Labute approximate surface area is 121 Å². The molecule has 4 heteroatoms. The van der Waals surface area contributed by atoms with E-state index in [-0.39, 0.29) is 5.60 Å². The van der Waals surface area contributed by atoms with Gasteiger partial charge in [0.2, 0.25) is 0 Å². The van der Waals surface area contributed by atoms with Crippen molar-refractivity contribution >= 4 is 0 Å². The summed E-state index contributed by atoms with van der Waals surface area (Å²) in [7, 11) is 2.00. The molecule has 0 amide bonds. The molecule has 20 heavy (non-hydrogen) atoms. The van der Waals surface area contributed by atoms with Crippen molar-refractivity contribution in [3.63, 3.8) is 0 Å². The first kappa shape index (κ1) is 14.1. The average Bonchev–Trinajstić information content (AvgIpc) is 3.04. The monoisotopic (exact) mass is 277 g/mol. The minimum atomic E-state index is 0.257. The van der Waals surface area contributed by atoms with E-state index in [0.717, 1.165) is 19.5 Å². The number of aromatic nitrogens is 2. The molecule has 2 aliphatic rings. The summed E-state index contributed by atoms with van der Waals surface area (Å²) in [5, 5.41) is 7.74. The zero-order valence-electron chi connectivity index (χ0n) is 12.6. The fourth-order valence-electron chi connectivity index (χ4n) is 3.73. The summed E-state index contributed by atoms with van der Waals surface area (Å²) in [6, 6.07) is 2.09. The molecule has 1 unspecified atom stereocenters. The third-order valence-corrected chi connectivity index (χ3v) is 4.96. The molecule has 0 bridgehead atoms. The van der Waals surface area contributed by atoms with Gasteiger partial charge in [0.1, 0.15) is 0 Å². The van der Waals surface area contributed by atoms with Gasteiger partial charge in [-0.2, -0.15) is 5.10 Å². The summed E-state index contributed by atoms with van der Waals surface area (Å²) in [5.74, 6) is 0. The number of nitrogens with zero attached hydrogens (tertiary/aromatic N) is 2. The maximum atomic E-state index is 6.37. The summed E-state index contributed by atoms with van der Waals surface area (Å²) in [5.41, 5.74) is 1.54. The minimum absolute atomic E-state index is 0.257. The van der Waals surface area contributed by atoms with Gasteiger partial charge in [-0.1, -0.05) is 19.3 Å². The smallest absolute Gasteiger partial charge is 0.0708 e. The second kappa shape index (κ2) is 6.27.